The van der Waals surface area contributed by atoms with E-state index in [-0.39, 0.29) is 0 Å². The topological polar surface area (TPSA) is 15.3 Å². The highest BCUT2D eigenvalue weighted by Crippen LogP contribution is 2.44. The first-order chi connectivity index (χ1) is 8.60. The molecule has 1 N–H and O–H groups in total. The maximum atomic E-state index is 3.77. The Morgan fingerprint density at radius 2 is 2.06 bits per heavy atom. The summed E-state index contributed by atoms with van der Waals surface area (Å²) in [7, 11) is 0. The summed E-state index contributed by atoms with van der Waals surface area (Å²) >= 11 is 0. The lowest BCUT2D eigenvalue weighted by Gasteiger charge is -2.49. The Morgan fingerprint density at radius 1 is 1.33 bits per heavy atom. The SMILES string of the molecule is CCCC(C)CN1CC(CC)NCC1(C)C1CC1. The summed E-state index contributed by atoms with van der Waals surface area (Å²) < 4.78 is 0. The van der Waals surface area contributed by atoms with Crippen molar-refractivity contribution in [3.05, 3.63) is 0 Å². The van der Waals surface area contributed by atoms with E-state index in [0.717, 1.165) is 11.8 Å². The summed E-state index contributed by atoms with van der Waals surface area (Å²) in [5, 5.41) is 3.77. The summed E-state index contributed by atoms with van der Waals surface area (Å²) in [6.45, 7) is 13.3. The highest BCUT2D eigenvalue weighted by atomic mass is 15.3. The van der Waals surface area contributed by atoms with Gasteiger partial charge in [0.1, 0.15) is 0 Å². The van der Waals surface area contributed by atoms with Crippen molar-refractivity contribution in [3.8, 4) is 0 Å². The van der Waals surface area contributed by atoms with Gasteiger partial charge in [-0.3, -0.25) is 4.90 Å². The van der Waals surface area contributed by atoms with E-state index in [1.54, 1.807) is 0 Å². The van der Waals surface area contributed by atoms with E-state index in [2.05, 4.69) is 37.9 Å². The van der Waals surface area contributed by atoms with Crippen molar-refractivity contribution in [1.29, 1.82) is 0 Å². The number of piperazine rings is 1. The van der Waals surface area contributed by atoms with E-state index in [0.29, 0.717) is 11.6 Å². The van der Waals surface area contributed by atoms with Crippen molar-refractivity contribution in [2.24, 2.45) is 11.8 Å². The molecule has 2 heteroatoms. The molecule has 1 heterocycles. The van der Waals surface area contributed by atoms with Crippen molar-refractivity contribution in [3.63, 3.8) is 0 Å². The number of rotatable bonds is 6. The Balaban J connectivity index is 1.99. The molecule has 2 aliphatic rings. The van der Waals surface area contributed by atoms with Crippen LogP contribution in [0.15, 0.2) is 0 Å². The summed E-state index contributed by atoms with van der Waals surface area (Å²) in [5.41, 5.74) is 0.438. The van der Waals surface area contributed by atoms with E-state index in [1.165, 1.54) is 51.7 Å². The molecule has 0 aromatic carbocycles. The van der Waals surface area contributed by atoms with Crippen LogP contribution in [0.2, 0.25) is 0 Å². The molecular weight excluding hydrogens is 220 g/mol. The number of nitrogens with zero attached hydrogens (tertiary/aromatic N) is 1. The second-order valence-corrected chi connectivity index (χ2v) is 6.92. The lowest BCUT2D eigenvalue weighted by molar-refractivity contribution is 0.0220. The molecule has 0 radical (unpaired) electrons. The largest absolute Gasteiger partial charge is 0.311 e. The molecular formula is C16H32N2. The second kappa shape index (κ2) is 5.92. The van der Waals surface area contributed by atoms with Gasteiger partial charge in [0, 0.05) is 31.2 Å². The van der Waals surface area contributed by atoms with Crippen molar-refractivity contribution in [2.45, 2.75) is 71.4 Å². The maximum absolute atomic E-state index is 3.77. The predicted octanol–water partition coefficient (Wildman–Crippen LogP) is 3.28. The molecule has 0 amide bonds. The van der Waals surface area contributed by atoms with Gasteiger partial charge in [0.15, 0.2) is 0 Å². The number of hydrogen-bond acceptors (Lipinski definition) is 2. The van der Waals surface area contributed by atoms with Crippen LogP contribution in [0, 0.1) is 11.8 Å². The zero-order chi connectivity index (χ0) is 13.2. The average molecular weight is 252 g/mol. The minimum Gasteiger partial charge on any atom is -0.311 e. The highest BCUT2D eigenvalue weighted by molar-refractivity contribution is 5.04. The summed E-state index contributed by atoms with van der Waals surface area (Å²) in [5.74, 6) is 1.81. The Bertz CT molecular complexity index is 262. The molecule has 1 saturated carbocycles. The molecule has 0 spiro atoms. The van der Waals surface area contributed by atoms with Gasteiger partial charge in [-0.25, -0.2) is 0 Å². The zero-order valence-electron chi connectivity index (χ0n) is 12.8. The van der Waals surface area contributed by atoms with Gasteiger partial charge in [0.05, 0.1) is 0 Å². The first-order valence-corrected chi connectivity index (χ1v) is 8.08. The molecule has 1 saturated heterocycles. The van der Waals surface area contributed by atoms with Crippen LogP contribution in [0.25, 0.3) is 0 Å². The van der Waals surface area contributed by atoms with Crippen molar-refractivity contribution in [2.75, 3.05) is 19.6 Å². The Morgan fingerprint density at radius 3 is 2.61 bits per heavy atom. The summed E-state index contributed by atoms with van der Waals surface area (Å²) in [6.07, 6.45) is 6.87. The van der Waals surface area contributed by atoms with Crippen LogP contribution in [0.3, 0.4) is 0 Å². The third-order valence-electron chi connectivity index (χ3n) is 5.17. The van der Waals surface area contributed by atoms with Gasteiger partial charge in [-0.1, -0.05) is 27.2 Å². The molecule has 1 aliphatic heterocycles. The Labute approximate surface area is 114 Å². The van der Waals surface area contributed by atoms with Crippen molar-refractivity contribution in [1.82, 2.24) is 10.2 Å². The second-order valence-electron chi connectivity index (χ2n) is 6.92. The third kappa shape index (κ3) is 3.08. The van der Waals surface area contributed by atoms with Crippen LogP contribution in [0.5, 0.6) is 0 Å². The van der Waals surface area contributed by atoms with Crippen LogP contribution >= 0.6 is 0 Å². The van der Waals surface area contributed by atoms with Gasteiger partial charge in [-0.05, 0) is 44.4 Å². The van der Waals surface area contributed by atoms with Crippen LogP contribution in [-0.4, -0.2) is 36.1 Å². The van der Waals surface area contributed by atoms with Gasteiger partial charge >= 0.3 is 0 Å². The smallest absolute Gasteiger partial charge is 0.0334 e. The van der Waals surface area contributed by atoms with Crippen molar-refractivity contribution < 1.29 is 0 Å². The summed E-state index contributed by atoms with van der Waals surface area (Å²) in [4.78, 5) is 2.83. The fraction of sp³-hybridized carbons (Fsp3) is 1.00. The van der Waals surface area contributed by atoms with E-state index in [1.807, 2.05) is 0 Å². The van der Waals surface area contributed by atoms with Crippen LogP contribution < -0.4 is 5.32 Å². The van der Waals surface area contributed by atoms with Gasteiger partial charge in [-0.2, -0.15) is 0 Å². The molecule has 2 rings (SSSR count). The normalized spacial score (nSPS) is 35.7. The minimum atomic E-state index is 0.438. The van der Waals surface area contributed by atoms with Crippen molar-refractivity contribution >= 4 is 0 Å². The standard InChI is InChI=1S/C16H32N2/c1-5-7-13(3)10-18-11-15(6-2)17-12-16(18,4)14-8-9-14/h13-15,17H,5-12H2,1-4H3. The Kier molecular flexibility index (Phi) is 4.71. The quantitative estimate of drug-likeness (QED) is 0.780. The fourth-order valence-corrected chi connectivity index (χ4v) is 3.63. The van der Waals surface area contributed by atoms with E-state index in [9.17, 15) is 0 Å². The third-order valence-corrected chi connectivity index (χ3v) is 5.17. The molecule has 1 aliphatic carbocycles. The van der Waals surface area contributed by atoms with Gasteiger partial charge in [-0.15, -0.1) is 0 Å². The molecule has 3 unspecified atom stereocenters. The first kappa shape index (κ1) is 14.3. The fourth-order valence-electron chi connectivity index (χ4n) is 3.63. The molecule has 0 aromatic heterocycles. The lowest BCUT2D eigenvalue weighted by atomic mass is 9.87. The van der Waals surface area contributed by atoms with Crippen LogP contribution in [0.1, 0.15) is 59.8 Å². The van der Waals surface area contributed by atoms with E-state index < -0.39 is 0 Å². The van der Waals surface area contributed by atoms with E-state index in [4.69, 9.17) is 0 Å². The van der Waals surface area contributed by atoms with Crippen LogP contribution in [0.4, 0.5) is 0 Å². The molecule has 2 nitrogen and oxygen atoms in total. The van der Waals surface area contributed by atoms with Crippen LogP contribution in [-0.2, 0) is 0 Å². The molecule has 0 aromatic rings. The molecule has 106 valence electrons. The molecule has 18 heavy (non-hydrogen) atoms. The average Bonchev–Trinajstić information content (AvgIpc) is 3.16. The highest BCUT2D eigenvalue weighted by Gasteiger charge is 2.48. The molecule has 3 atom stereocenters. The first-order valence-electron chi connectivity index (χ1n) is 8.08. The molecule has 2 fully saturated rings. The predicted molar refractivity (Wildman–Crippen MR) is 78.9 cm³/mol. The molecule has 0 bridgehead atoms. The lowest BCUT2D eigenvalue weighted by Crippen LogP contribution is -2.64. The minimum absolute atomic E-state index is 0.438. The zero-order valence-corrected chi connectivity index (χ0v) is 12.8. The Hall–Kier alpha value is -0.0800. The van der Waals surface area contributed by atoms with Gasteiger partial charge in [0.2, 0.25) is 0 Å². The van der Waals surface area contributed by atoms with E-state index >= 15 is 0 Å². The number of nitrogens with one attached hydrogen (secondary N) is 1. The summed E-state index contributed by atoms with van der Waals surface area (Å²) in [6, 6.07) is 0.714. The number of hydrogen-bond donors (Lipinski definition) is 1. The van der Waals surface area contributed by atoms with Gasteiger partial charge in [0.25, 0.3) is 0 Å². The monoisotopic (exact) mass is 252 g/mol. The van der Waals surface area contributed by atoms with Gasteiger partial charge < -0.3 is 5.32 Å². The maximum Gasteiger partial charge on any atom is 0.0334 e.